The molecule has 1 aromatic heterocycles. The topological polar surface area (TPSA) is 35.4 Å². The maximum Gasteiger partial charge on any atom is 0.0701 e. The van der Waals surface area contributed by atoms with Crippen LogP contribution in [0.15, 0.2) is 48.5 Å². The second-order valence-corrected chi connectivity index (χ2v) is 10.5. The molecule has 4 fully saturated rings. The minimum Gasteiger partial charge on any atom is -0.378 e. The molecule has 2 aromatic carbocycles. The molecule has 0 radical (unpaired) electrons. The number of ether oxygens (including phenoxy) is 2. The van der Waals surface area contributed by atoms with Crippen LogP contribution in [0.1, 0.15) is 38.5 Å². The van der Waals surface area contributed by atoms with Crippen molar-refractivity contribution in [2.45, 2.75) is 50.6 Å². The minimum atomic E-state index is 0.441. The van der Waals surface area contributed by atoms with Crippen molar-refractivity contribution in [2.75, 3.05) is 33.0 Å². The van der Waals surface area contributed by atoms with Crippen LogP contribution in [-0.2, 0) is 16.0 Å². The summed E-state index contributed by atoms with van der Waals surface area (Å²) in [6.45, 7) is 4.68. The van der Waals surface area contributed by atoms with Crippen molar-refractivity contribution in [3.63, 3.8) is 0 Å². The fraction of sp³-hybridized carbons (Fsp3) is 0.571. The monoisotopic (exact) mass is 432 g/mol. The summed E-state index contributed by atoms with van der Waals surface area (Å²) < 4.78 is 14.2. The van der Waals surface area contributed by atoms with Crippen LogP contribution in [0.25, 0.3) is 21.8 Å². The lowest BCUT2D eigenvalue weighted by molar-refractivity contribution is -0.0244. The fourth-order valence-corrected chi connectivity index (χ4v) is 7.44. The average Bonchev–Trinajstić information content (AvgIpc) is 3.11. The van der Waals surface area contributed by atoms with E-state index < -0.39 is 0 Å². The maximum absolute atomic E-state index is 5.92. The number of nitrogens with one attached hydrogen (secondary N) is 1. The number of aromatic nitrogens is 1. The van der Waals surface area contributed by atoms with Crippen LogP contribution in [-0.4, -0.2) is 43.1 Å². The molecule has 0 amide bonds. The maximum atomic E-state index is 5.92. The lowest BCUT2D eigenvalue weighted by atomic mass is 9.53. The highest BCUT2D eigenvalue weighted by molar-refractivity contribution is 6.07. The summed E-state index contributed by atoms with van der Waals surface area (Å²) in [5.41, 5.74) is 3.00. The van der Waals surface area contributed by atoms with Crippen molar-refractivity contribution >= 4 is 21.8 Å². The van der Waals surface area contributed by atoms with Crippen LogP contribution < -0.4 is 5.32 Å². The summed E-state index contributed by atoms with van der Waals surface area (Å²) in [6.07, 6.45) is 8.73. The number of para-hydroxylation sites is 2. The minimum absolute atomic E-state index is 0.441. The van der Waals surface area contributed by atoms with Crippen LogP contribution in [0.5, 0.6) is 0 Å². The van der Waals surface area contributed by atoms with Crippen LogP contribution in [0, 0.1) is 17.8 Å². The van der Waals surface area contributed by atoms with Gasteiger partial charge in [0.15, 0.2) is 0 Å². The van der Waals surface area contributed by atoms with Crippen LogP contribution in [0.4, 0.5) is 0 Å². The standard InChI is InChI=1S/C28H36N2O2/c1-3-7-26-24(5-1)25-6-2-4-8-27(25)30(26)10-12-32-14-13-31-11-9-29-28-18-21-15-22(19-28)17-23(16-21)20-28/h1-8,21-23,29H,9-20H2. The summed E-state index contributed by atoms with van der Waals surface area (Å²) in [6, 6.07) is 17.3. The lowest BCUT2D eigenvalue weighted by Crippen LogP contribution is -2.58. The summed E-state index contributed by atoms with van der Waals surface area (Å²) in [4.78, 5) is 0. The molecule has 32 heavy (non-hydrogen) atoms. The normalized spacial score (nSPS) is 28.8. The zero-order chi connectivity index (χ0) is 21.4. The van der Waals surface area contributed by atoms with E-state index in [4.69, 9.17) is 9.47 Å². The lowest BCUT2D eigenvalue weighted by Gasteiger charge is -2.57. The first-order valence-corrected chi connectivity index (χ1v) is 12.7. The molecular formula is C28H36N2O2. The molecule has 4 saturated carbocycles. The summed E-state index contributed by atoms with van der Waals surface area (Å²) >= 11 is 0. The quantitative estimate of drug-likeness (QED) is 0.437. The molecule has 3 aromatic rings. The van der Waals surface area contributed by atoms with Crippen molar-refractivity contribution in [2.24, 2.45) is 17.8 Å². The molecule has 0 atom stereocenters. The van der Waals surface area contributed by atoms with Crippen LogP contribution >= 0.6 is 0 Å². The molecule has 0 unspecified atom stereocenters. The van der Waals surface area contributed by atoms with E-state index >= 15 is 0 Å². The largest absolute Gasteiger partial charge is 0.378 e. The SMILES string of the molecule is c1ccc2c(c1)c1ccccc1n2CCOCCOCCNC12CC3CC(CC(C3)C1)C2. The molecule has 0 saturated heterocycles. The number of fused-ring (bicyclic) bond motifs is 3. The molecule has 0 aliphatic heterocycles. The van der Waals surface area contributed by atoms with Crippen molar-refractivity contribution in [3.8, 4) is 0 Å². The van der Waals surface area contributed by atoms with Gasteiger partial charge in [-0.3, -0.25) is 0 Å². The number of nitrogens with zero attached hydrogens (tertiary/aromatic N) is 1. The highest BCUT2D eigenvalue weighted by Crippen LogP contribution is 2.55. The first-order chi connectivity index (χ1) is 15.8. The van der Waals surface area contributed by atoms with Gasteiger partial charge in [0.2, 0.25) is 0 Å². The Morgan fingerprint density at radius 3 is 1.84 bits per heavy atom. The van der Waals surface area contributed by atoms with Gasteiger partial charge >= 0.3 is 0 Å². The predicted molar refractivity (Wildman–Crippen MR) is 130 cm³/mol. The van der Waals surface area contributed by atoms with Gasteiger partial charge in [-0.2, -0.15) is 0 Å². The number of benzene rings is 2. The average molecular weight is 433 g/mol. The van der Waals surface area contributed by atoms with Gasteiger partial charge in [0, 0.05) is 40.4 Å². The van der Waals surface area contributed by atoms with Gasteiger partial charge in [-0.25, -0.2) is 0 Å². The molecular weight excluding hydrogens is 396 g/mol. The summed E-state index contributed by atoms with van der Waals surface area (Å²) in [5, 5.41) is 6.55. The van der Waals surface area contributed by atoms with E-state index in [1.165, 1.54) is 60.3 Å². The van der Waals surface area contributed by atoms with Crippen molar-refractivity contribution in [1.82, 2.24) is 9.88 Å². The Labute approximate surface area is 191 Å². The van der Waals surface area contributed by atoms with Crippen LogP contribution in [0.3, 0.4) is 0 Å². The first-order valence-electron chi connectivity index (χ1n) is 12.7. The molecule has 4 aliphatic rings. The molecule has 7 rings (SSSR count). The zero-order valence-electron chi connectivity index (χ0n) is 19.1. The van der Waals surface area contributed by atoms with Crippen molar-refractivity contribution in [1.29, 1.82) is 0 Å². The van der Waals surface area contributed by atoms with Crippen LogP contribution in [0.2, 0.25) is 0 Å². The Balaban J connectivity index is 0.920. The molecule has 0 spiro atoms. The third-order valence-corrected chi connectivity index (χ3v) is 8.30. The third-order valence-electron chi connectivity index (χ3n) is 8.30. The third kappa shape index (κ3) is 3.98. The molecule has 4 heteroatoms. The van der Waals surface area contributed by atoms with Gasteiger partial charge in [-0.05, 0) is 68.4 Å². The second kappa shape index (κ2) is 8.81. The second-order valence-electron chi connectivity index (χ2n) is 10.5. The van der Waals surface area contributed by atoms with E-state index in [1.54, 1.807) is 0 Å². The molecule has 1 heterocycles. The van der Waals surface area contributed by atoms with E-state index in [0.29, 0.717) is 25.4 Å². The summed E-state index contributed by atoms with van der Waals surface area (Å²) in [7, 11) is 0. The highest BCUT2D eigenvalue weighted by Gasteiger charge is 2.50. The van der Waals surface area contributed by atoms with E-state index in [1.807, 2.05) is 0 Å². The molecule has 4 bridgehead atoms. The van der Waals surface area contributed by atoms with Gasteiger partial charge in [0.05, 0.1) is 26.4 Å². The van der Waals surface area contributed by atoms with E-state index in [-0.39, 0.29) is 0 Å². The predicted octanol–water partition coefficient (Wildman–Crippen LogP) is 5.39. The molecule has 170 valence electrons. The Hall–Kier alpha value is -1.88. The Kier molecular flexibility index (Phi) is 5.70. The number of rotatable bonds is 10. The van der Waals surface area contributed by atoms with Gasteiger partial charge in [0.1, 0.15) is 0 Å². The van der Waals surface area contributed by atoms with Gasteiger partial charge in [-0.15, -0.1) is 0 Å². The highest BCUT2D eigenvalue weighted by atomic mass is 16.5. The Morgan fingerprint density at radius 2 is 1.25 bits per heavy atom. The number of hydrogen-bond donors (Lipinski definition) is 1. The zero-order valence-corrected chi connectivity index (χ0v) is 19.1. The summed E-state index contributed by atoms with van der Waals surface area (Å²) in [5.74, 6) is 2.99. The van der Waals surface area contributed by atoms with E-state index in [9.17, 15) is 0 Å². The van der Waals surface area contributed by atoms with Gasteiger partial charge < -0.3 is 19.4 Å². The van der Waals surface area contributed by atoms with Gasteiger partial charge in [-0.1, -0.05) is 36.4 Å². The molecule has 4 nitrogen and oxygen atoms in total. The Bertz CT molecular complexity index is 983. The first kappa shape index (κ1) is 20.7. The molecule has 4 aliphatic carbocycles. The van der Waals surface area contributed by atoms with Crippen molar-refractivity contribution in [3.05, 3.63) is 48.5 Å². The van der Waals surface area contributed by atoms with Gasteiger partial charge in [0.25, 0.3) is 0 Å². The van der Waals surface area contributed by atoms with E-state index in [0.717, 1.165) is 37.5 Å². The smallest absolute Gasteiger partial charge is 0.0701 e. The van der Waals surface area contributed by atoms with Crippen molar-refractivity contribution < 1.29 is 9.47 Å². The number of hydrogen-bond acceptors (Lipinski definition) is 3. The fourth-order valence-electron chi connectivity index (χ4n) is 7.44. The molecule has 1 N–H and O–H groups in total. The Morgan fingerprint density at radius 1 is 0.719 bits per heavy atom. The van der Waals surface area contributed by atoms with E-state index in [2.05, 4.69) is 58.4 Å².